The van der Waals surface area contributed by atoms with Crippen LogP contribution in [-0.2, 0) is 11.0 Å². The number of amides is 1. The normalized spacial score (nSPS) is 17.6. The molecule has 1 aromatic rings. The van der Waals surface area contributed by atoms with E-state index in [1.54, 1.807) is 13.8 Å². The molecule has 2 heterocycles. The minimum absolute atomic E-state index is 0.0346. The van der Waals surface area contributed by atoms with Gasteiger partial charge in [0.15, 0.2) is 0 Å². The van der Waals surface area contributed by atoms with Gasteiger partial charge in [-0.2, -0.15) is 13.2 Å². The molecule has 1 aromatic heterocycles. The van der Waals surface area contributed by atoms with Crippen molar-refractivity contribution in [1.29, 1.82) is 0 Å². The van der Waals surface area contributed by atoms with E-state index in [0.29, 0.717) is 17.7 Å². The summed E-state index contributed by atoms with van der Waals surface area (Å²) in [5.41, 5.74) is 3.84. The number of anilines is 1. The summed E-state index contributed by atoms with van der Waals surface area (Å²) in [5.74, 6) is -0.330. The van der Waals surface area contributed by atoms with Crippen molar-refractivity contribution in [3.8, 4) is 0 Å². The van der Waals surface area contributed by atoms with Crippen LogP contribution in [0.1, 0.15) is 32.8 Å². The topological polar surface area (TPSA) is 45.2 Å². The van der Waals surface area contributed by atoms with Crippen molar-refractivity contribution in [1.82, 2.24) is 9.99 Å². The number of carbonyl (C=O) groups excluding carboxylic acids is 1. The lowest BCUT2D eigenvalue weighted by molar-refractivity contribution is -0.137. The number of aromatic nitrogens is 1. The van der Waals surface area contributed by atoms with Crippen LogP contribution in [0.3, 0.4) is 0 Å². The molecule has 0 aliphatic carbocycles. The van der Waals surface area contributed by atoms with Gasteiger partial charge in [-0.1, -0.05) is 13.0 Å². The molecular formula is C15H16F3N3O. The molecule has 0 fully saturated rings. The maximum Gasteiger partial charge on any atom is 0.416 e. The third-order valence-corrected chi connectivity index (χ3v) is 3.42. The maximum absolute atomic E-state index is 12.7. The highest BCUT2D eigenvalue weighted by Crippen LogP contribution is 2.32. The van der Waals surface area contributed by atoms with Crippen LogP contribution in [0.5, 0.6) is 0 Å². The van der Waals surface area contributed by atoms with Crippen LogP contribution < -0.4 is 5.43 Å². The second kappa shape index (κ2) is 5.82. The Morgan fingerprint density at radius 1 is 1.32 bits per heavy atom. The lowest BCUT2D eigenvalue weighted by Crippen LogP contribution is -2.32. The number of allylic oxidation sites excluding steroid dienone is 2. The summed E-state index contributed by atoms with van der Waals surface area (Å²) in [6.07, 6.45) is -0.867. The molecule has 0 aromatic carbocycles. The van der Waals surface area contributed by atoms with Crippen molar-refractivity contribution in [3.63, 3.8) is 0 Å². The van der Waals surface area contributed by atoms with Crippen molar-refractivity contribution in [2.45, 2.75) is 33.4 Å². The lowest BCUT2D eigenvalue weighted by Gasteiger charge is -2.21. The van der Waals surface area contributed by atoms with Crippen molar-refractivity contribution < 1.29 is 18.0 Å². The van der Waals surface area contributed by atoms with Gasteiger partial charge >= 0.3 is 6.18 Å². The predicted octanol–water partition coefficient (Wildman–Crippen LogP) is 3.90. The first-order chi connectivity index (χ1) is 10.3. The molecule has 0 saturated heterocycles. The van der Waals surface area contributed by atoms with Gasteiger partial charge in [0.2, 0.25) is 0 Å². The zero-order chi connectivity index (χ0) is 16.5. The van der Waals surface area contributed by atoms with Gasteiger partial charge in [0.1, 0.15) is 5.82 Å². The van der Waals surface area contributed by atoms with Crippen LogP contribution in [0.4, 0.5) is 19.0 Å². The molecule has 4 nitrogen and oxygen atoms in total. The number of nitrogens with zero attached hydrogens (tertiary/aromatic N) is 2. The van der Waals surface area contributed by atoms with Crippen molar-refractivity contribution in [3.05, 3.63) is 46.8 Å². The van der Waals surface area contributed by atoms with Crippen molar-refractivity contribution in [2.75, 3.05) is 5.43 Å². The number of halogens is 3. The Hall–Kier alpha value is -2.31. The molecule has 22 heavy (non-hydrogen) atoms. The van der Waals surface area contributed by atoms with Crippen molar-refractivity contribution >= 4 is 11.7 Å². The summed E-state index contributed by atoms with van der Waals surface area (Å²) in [7, 11) is 0. The molecule has 2 rings (SSSR count). The first kappa shape index (κ1) is 16.1. The number of alkyl halides is 3. The summed E-state index contributed by atoms with van der Waals surface area (Å²) in [4.78, 5) is 16.0. The highest BCUT2D eigenvalue weighted by molar-refractivity contribution is 6.00. The van der Waals surface area contributed by atoms with Gasteiger partial charge in [0.25, 0.3) is 5.91 Å². The van der Waals surface area contributed by atoms with E-state index in [4.69, 9.17) is 0 Å². The van der Waals surface area contributed by atoms with E-state index < -0.39 is 11.7 Å². The van der Waals surface area contributed by atoms with E-state index in [9.17, 15) is 18.0 Å². The molecule has 0 atom stereocenters. The predicted molar refractivity (Wildman–Crippen MR) is 76.5 cm³/mol. The molecule has 0 bridgehead atoms. The third-order valence-electron chi connectivity index (χ3n) is 3.42. The average Bonchev–Trinajstić information content (AvgIpc) is 2.65. The van der Waals surface area contributed by atoms with Crippen LogP contribution in [0.2, 0.25) is 0 Å². The van der Waals surface area contributed by atoms with E-state index in [1.165, 1.54) is 5.01 Å². The molecule has 0 spiro atoms. The summed E-state index contributed by atoms with van der Waals surface area (Å²) in [6.45, 7) is 5.40. The van der Waals surface area contributed by atoms with Gasteiger partial charge in [0, 0.05) is 11.8 Å². The molecular weight excluding hydrogens is 295 g/mol. The van der Waals surface area contributed by atoms with Gasteiger partial charge < -0.3 is 0 Å². The van der Waals surface area contributed by atoms with Crippen LogP contribution in [0.25, 0.3) is 0 Å². The van der Waals surface area contributed by atoms with E-state index in [2.05, 4.69) is 10.4 Å². The Labute approximate surface area is 126 Å². The van der Waals surface area contributed by atoms with E-state index in [0.717, 1.165) is 23.9 Å². The second-order valence-electron chi connectivity index (χ2n) is 4.93. The van der Waals surface area contributed by atoms with E-state index in [1.807, 2.05) is 13.0 Å². The highest BCUT2D eigenvalue weighted by atomic mass is 19.4. The van der Waals surface area contributed by atoms with Crippen LogP contribution in [0.15, 0.2) is 41.2 Å². The van der Waals surface area contributed by atoms with Gasteiger partial charge in [-0.25, -0.2) is 9.99 Å². The number of hydrogen-bond donors (Lipinski definition) is 1. The van der Waals surface area contributed by atoms with Crippen molar-refractivity contribution in [2.24, 2.45) is 0 Å². The Morgan fingerprint density at radius 2 is 2.00 bits per heavy atom. The number of hydrazine groups is 1. The third kappa shape index (κ3) is 2.98. The van der Waals surface area contributed by atoms with Gasteiger partial charge in [-0.05, 0) is 38.0 Å². The summed E-state index contributed by atoms with van der Waals surface area (Å²) >= 11 is 0. The minimum atomic E-state index is -4.46. The van der Waals surface area contributed by atoms with Crippen LogP contribution in [-0.4, -0.2) is 15.9 Å². The van der Waals surface area contributed by atoms with E-state index in [-0.39, 0.29) is 11.7 Å². The van der Waals surface area contributed by atoms with Gasteiger partial charge in [-0.15, -0.1) is 0 Å². The number of rotatable bonds is 3. The molecule has 1 aliphatic rings. The quantitative estimate of drug-likeness (QED) is 0.921. The first-order valence-corrected chi connectivity index (χ1v) is 6.78. The molecule has 0 radical (unpaired) electrons. The lowest BCUT2D eigenvalue weighted by atomic mass is 10.1. The number of pyridine rings is 1. The number of carbonyl (C=O) groups is 1. The van der Waals surface area contributed by atoms with E-state index >= 15 is 0 Å². The molecule has 118 valence electrons. The van der Waals surface area contributed by atoms with Crippen LogP contribution in [0, 0.1) is 0 Å². The zero-order valence-corrected chi connectivity index (χ0v) is 12.5. The number of hydrogen-bond acceptors (Lipinski definition) is 3. The second-order valence-corrected chi connectivity index (χ2v) is 4.93. The zero-order valence-electron chi connectivity index (χ0n) is 12.5. The average molecular weight is 311 g/mol. The first-order valence-electron chi connectivity index (χ1n) is 6.78. The monoisotopic (exact) mass is 311 g/mol. The number of nitrogens with one attached hydrogen (secondary N) is 1. The summed E-state index contributed by atoms with van der Waals surface area (Å²) in [6, 6.07) is 1.76. The molecule has 1 N–H and O–H groups in total. The van der Waals surface area contributed by atoms with Gasteiger partial charge in [0.05, 0.1) is 11.3 Å². The highest BCUT2D eigenvalue weighted by Gasteiger charge is 2.33. The fourth-order valence-corrected chi connectivity index (χ4v) is 2.13. The minimum Gasteiger partial charge on any atom is -0.274 e. The molecule has 0 unspecified atom stereocenters. The molecule has 1 amide bonds. The van der Waals surface area contributed by atoms with Gasteiger partial charge in [-0.3, -0.25) is 10.2 Å². The maximum atomic E-state index is 12.7. The smallest absolute Gasteiger partial charge is 0.274 e. The fraction of sp³-hybridized carbons (Fsp3) is 0.333. The standard InChI is InChI=1S/C15H16F3N3O/c1-4-5-12-9(2)10(3)14(22)21(12)20-13-8-11(6-7-19-13)15(16,17)18/h5-8H,4H2,1-3H3,(H,19,20)/b12-5+. The summed E-state index contributed by atoms with van der Waals surface area (Å²) < 4.78 is 38.2. The largest absolute Gasteiger partial charge is 0.416 e. The Morgan fingerprint density at radius 3 is 2.59 bits per heavy atom. The van der Waals surface area contributed by atoms with Crippen LogP contribution >= 0.6 is 0 Å². The Bertz CT molecular complexity index is 662. The molecule has 0 saturated carbocycles. The molecule has 7 heteroatoms. The molecule has 1 aliphatic heterocycles. The Kier molecular flexibility index (Phi) is 4.25. The SMILES string of the molecule is CC/C=C1\C(C)=C(C)C(=O)N1Nc1cc(C(F)(F)F)ccn1. The Balaban J connectivity index is 2.31. The fourth-order valence-electron chi connectivity index (χ4n) is 2.13. The summed E-state index contributed by atoms with van der Waals surface area (Å²) in [5, 5.41) is 1.23.